The topological polar surface area (TPSA) is 63.8 Å². The van der Waals surface area contributed by atoms with E-state index in [0.717, 1.165) is 26.9 Å². The fraction of sp³-hybridized carbons (Fsp3) is 0.300. The smallest absolute Gasteiger partial charge is 0.174 e. The number of nitrogens with zero attached hydrogens (tertiary/aromatic N) is 2. The van der Waals surface area contributed by atoms with Gasteiger partial charge in [0.05, 0.1) is 34.6 Å². The van der Waals surface area contributed by atoms with E-state index < -0.39 is 0 Å². The highest BCUT2D eigenvalue weighted by molar-refractivity contribution is 14.1. The van der Waals surface area contributed by atoms with Crippen molar-refractivity contribution < 1.29 is 14.3 Å². The van der Waals surface area contributed by atoms with Crippen LogP contribution in [0.1, 0.15) is 37.0 Å². The number of ether oxygens (including phenoxy) is 2. The van der Waals surface area contributed by atoms with E-state index in [-0.39, 0.29) is 12.7 Å². The Bertz CT molecular complexity index is 815. The molecule has 0 N–H and O–H groups in total. The Morgan fingerprint density at radius 1 is 1.31 bits per heavy atom. The van der Waals surface area contributed by atoms with Crippen molar-refractivity contribution in [2.75, 3.05) is 7.11 Å². The largest absolute Gasteiger partial charge is 0.493 e. The normalized spacial score (nSPS) is 11.8. The first-order valence-corrected chi connectivity index (χ1v) is 9.34. The summed E-state index contributed by atoms with van der Waals surface area (Å²) in [5, 5.41) is 13.1. The van der Waals surface area contributed by atoms with E-state index in [1.807, 2.05) is 37.3 Å². The summed E-state index contributed by atoms with van der Waals surface area (Å²) in [6, 6.07) is 13.2. The number of hydrogen-bond acceptors (Lipinski definition) is 5. The van der Waals surface area contributed by atoms with Crippen LogP contribution in [0.3, 0.4) is 0 Å². The van der Waals surface area contributed by atoms with Crippen molar-refractivity contribution in [3.63, 3.8) is 0 Å². The molecule has 6 heteroatoms. The number of halogens is 1. The Morgan fingerprint density at radius 3 is 2.77 bits per heavy atom. The van der Waals surface area contributed by atoms with Crippen molar-refractivity contribution in [1.82, 2.24) is 0 Å². The van der Waals surface area contributed by atoms with Crippen LogP contribution < -0.4 is 9.47 Å². The second-order valence-electron chi connectivity index (χ2n) is 5.65. The van der Waals surface area contributed by atoms with Crippen LogP contribution in [-0.4, -0.2) is 19.4 Å². The van der Waals surface area contributed by atoms with Crippen molar-refractivity contribution in [3.8, 4) is 17.6 Å². The predicted octanol–water partition coefficient (Wildman–Crippen LogP) is 4.90. The van der Waals surface area contributed by atoms with E-state index in [2.05, 4.69) is 40.7 Å². The highest BCUT2D eigenvalue weighted by atomic mass is 127. The Hall–Kier alpha value is -2.27. The second kappa shape index (κ2) is 10.0. The molecule has 0 aliphatic rings. The fourth-order valence-electron chi connectivity index (χ4n) is 2.17. The van der Waals surface area contributed by atoms with Gasteiger partial charge in [-0.1, -0.05) is 30.3 Å². The minimum Gasteiger partial charge on any atom is -0.493 e. The third-order valence-electron chi connectivity index (χ3n) is 3.78. The highest BCUT2D eigenvalue weighted by Crippen LogP contribution is 2.34. The SMILES string of the molecule is CC[C@@H](C)Oc1c(I)cc(/C=N\OCc2ccccc2C#N)cc1OC. The minimum absolute atomic E-state index is 0.112. The fourth-order valence-corrected chi connectivity index (χ4v) is 2.93. The van der Waals surface area contributed by atoms with Gasteiger partial charge in [-0.2, -0.15) is 5.26 Å². The lowest BCUT2D eigenvalue weighted by molar-refractivity contribution is 0.132. The van der Waals surface area contributed by atoms with Gasteiger partial charge in [-0.25, -0.2) is 0 Å². The number of nitriles is 1. The van der Waals surface area contributed by atoms with Crippen molar-refractivity contribution in [3.05, 3.63) is 56.7 Å². The van der Waals surface area contributed by atoms with Gasteiger partial charge in [-0.15, -0.1) is 0 Å². The van der Waals surface area contributed by atoms with E-state index >= 15 is 0 Å². The molecule has 2 rings (SSSR count). The van der Waals surface area contributed by atoms with Crippen molar-refractivity contribution in [2.24, 2.45) is 5.16 Å². The third-order valence-corrected chi connectivity index (χ3v) is 4.58. The maximum absolute atomic E-state index is 9.08. The van der Waals surface area contributed by atoms with Gasteiger partial charge < -0.3 is 14.3 Å². The molecule has 2 aromatic rings. The van der Waals surface area contributed by atoms with Gasteiger partial charge in [-0.05, 0) is 54.1 Å². The van der Waals surface area contributed by atoms with Gasteiger partial charge in [0, 0.05) is 11.1 Å². The quantitative estimate of drug-likeness (QED) is 0.317. The summed E-state index contributed by atoms with van der Waals surface area (Å²) in [6.07, 6.45) is 2.65. The molecule has 0 bridgehead atoms. The Kier molecular flexibility index (Phi) is 7.73. The number of rotatable bonds is 8. The molecule has 0 aliphatic heterocycles. The second-order valence-corrected chi connectivity index (χ2v) is 6.81. The first-order valence-electron chi connectivity index (χ1n) is 8.26. The molecule has 136 valence electrons. The zero-order chi connectivity index (χ0) is 18.9. The van der Waals surface area contributed by atoms with Crippen LogP contribution in [0.25, 0.3) is 0 Å². The Labute approximate surface area is 167 Å². The molecule has 0 saturated carbocycles. The van der Waals surface area contributed by atoms with Crippen molar-refractivity contribution in [2.45, 2.75) is 33.0 Å². The Morgan fingerprint density at radius 2 is 2.08 bits per heavy atom. The molecule has 1 atom stereocenters. The van der Waals surface area contributed by atoms with Crippen LogP contribution in [0.15, 0.2) is 41.6 Å². The van der Waals surface area contributed by atoms with Crippen LogP contribution in [0.5, 0.6) is 11.5 Å². The summed E-state index contributed by atoms with van der Waals surface area (Å²) in [4.78, 5) is 5.34. The summed E-state index contributed by atoms with van der Waals surface area (Å²) < 4.78 is 12.3. The van der Waals surface area contributed by atoms with E-state index in [1.54, 1.807) is 19.4 Å². The lowest BCUT2D eigenvalue weighted by Crippen LogP contribution is -2.11. The summed E-state index contributed by atoms with van der Waals surface area (Å²) in [7, 11) is 1.62. The third kappa shape index (κ3) is 5.36. The average molecular weight is 464 g/mol. The molecule has 0 unspecified atom stereocenters. The summed E-state index contributed by atoms with van der Waals surface area (Å²) >= 11 is 2.22. The maximum Gasteiger partial charge on any atom is 0.174 e. The van der Waals surface area contributed by atoms with Gasteiger partial charge in [0.1, 0.15) is 6.61 Å². The van der Waals surface area contributed by atoms with Crippen LogP contribution in [0.2, 0.25) is 0 Å². The average Bonchev–Trinajstić information content (AvgIpc) is 2.67. The van der Waals surface area contributed by atoms with E-state index in [1.165, 1.54) is 0 Å². The standard InChI is InChI=1S/C20H21IN2O3/c1-4-14(2)26-20-18(21)9-15(10-19(20)24-3)12-23-25-13-17-8-6-5-7-16(17)11-22/h5-10,12,14H,4,13H2,1-3H3/b23-12-/t14-/m1/s1. The van der Waals surface area contributed by atoms with E-state index in [4.69, 9.17) is 19.6 Å². The maximum atomic E-state index is 9.08. The zero-order valence-electron chi connectivity index (χ0n) is 15.0. The number of benzene rings is 2. The molecule has 2 aromatic carbocycles. The predicted molar refractivity (Wildman–Crippen MR) is 110 cm³/mol. The van der Waals surface area contributed by atoms with Gasteiger partial charge >= 0.3 is 0 Å². The van der Waals surface area contributed by atoms with Gasteiger partial charge in [0.25, 0.3) is 0 Å². The molecule has 26 heavy (non-hydrogen) atoms. The lowest BCUT2D eigenvalue weighted by atomic mass is 10.1. The molecule has 0 saturated heterocycles. The first-order chi connectivity index (χ1) is 12.6. The summed E-state index contributed by atoms with van der Waals surface area (Å²) in [5.41, 5.74) is 2.23. The highest BCUT2D eigenvalue weighted by Gasteiger charge is 2.13. The van der Waals surface area contributed by atoms with Crippen LogP contribution in [-0.2, 0) is 11.4 Å². The van der Waals surface area contributed by atoms with Crippen LogP contribution >= 0.6 is 22.6 Å². The molecule has 0 spiro atoms. The molecule has 0 amide bonds. The minimum atomic E-state index is 0.112. The van der Waals surface area contributed by atoms with E-state index in [9.17, 15) is 0 Å². The first kappa shape index (κ1) is 20.0. The van der Waals surface area contributed by atoms with Crippen LogP contribution in [0.4, 0.5) is 0 Å². The van der Waals surface area contributed by atoms with E-state index in [0.29, 0.717) is 11.3 Å². The van der Waals surface area contributed by atoms with Crippen molar-refractivity contribution in [1.29, 1.82) is 5.26 Å². The van der Waals surface area contributed by atoms with Gasteiger partial charge in [-0.3, -0.25) is 0 Å². The summed E-state index contributed by atoms with van der Waals surface area (Å²) in [5.74, 6) is 1.40. The molecular formula is C20H21IN2O3. The number of methoxy groups -OCH3 is 1. The molecular weight excluding hydrogens is 443 g/mol. The molecule has 0 aromatic heterocycles. The molecule has 0 aliphatic carbocycles. The van der Waals surface area contributed by atoms with Gasteiger partial charge in [0.15, 0.2) is 11.5 Å². The Balaban J connectivity index is 2.08. The number of oxime groups is 1. The lowest BCUT2D eigenvalue weighted by Gasteiger charge is -2.17. The van der Waals surface area contributed by atoms with Gasteiger partial charge in [0.2, 0.25) is 0 Å². The van der Waals surface area contributed by atoms with Crippen molar-refractivity contribution >= 4 is 28.8 Å². The summed E-state index contributed by atoms with van der Waals surface area (Å²) in [6.45, 7) is 4.34. The monoisotopic (exact) mass is 464 g/mol. The molecule has 5 nitrogen and oxygen atoms in total. The molecule has 0 fully saturated rings. The van der Waals surface area contributed by atoms with Crippen LogP contribution in [0, 0.1) is 14.9 Å². The number of hydrogen-bond donors (Lipinski definition) is 0. The molecule has 0 heterocycles. The molecule has 0 radical (unpaired) electrons. The zero-order valence-corrected chi connectivity index (χ0v) is 17.2.